The average molecular weight is 344 g/mol. The number of rotatable bonds is 5. The molecule has 2 amide bonds. The number of hydrogen-bond donors (Lipinski definition) is 0. The van der Waals surface area contributed by atoms with Gasteiger partial charge in [-0.15, -0.1) is 0 Å². The van der Waals surface area contributed by atoms with Gasteiger partial charge in [0, 0.05) is 26.1 Å². The summed E-state index contributed by atoms with van der Waals surface area (Å²) in [6, 6.07) is 9.50. The van der Waals surface area contributed by atoms with E-state index in [4.69, 9.17) is 4.74 Å². The summed E-state index contributed by atoms with van der Waals surface area (Å²) in [5, 5.41) is 0. The van der Waals surface area contributed by atoms with Gasteiger partial charge in [-0.2, -0.15) is 0 Å². The quantitative estimate of drug-likeness (QED) is 0.754. The number of nitrogens with zero attached hydrogens (tertiary/aromatic N) is 2. The van der Waals surface area contributed by atoms with Crippen molar-refractivity contribution in [2.75, 3.05) is 26.7 Å². The molecule has 1 aromatic rings. The monoisotopic (exact) mass is 344 g/mol. The third-order valence-corrected chi connectivity index (χ3v) is 5.09. The van der Waals surface area contributed by atoms with Crippen LogP contribution in [0.1, 0.15) is 24.8 Å². The molecule has 25 heavy (non-hydrogen) atoms. The van der Waals surface area contributed by atoms with Crippen molar-refractivity contribution in [2.24, 2.45) is 5.92 Å². The Morgan fingerprint density at radius 1 is 1.24 bits per heavy atom. The summed E-state index contributed by atoms with van der Waals surface area (Å²) >= 11 is 0. The number of benzene rings is 1. The van der Waals surface area contributed by atoms with Crippen molar-refractivity contribution in [2.45, 2.75) is 31.7 Å². The van der Waals surface area contributed by atoms with Crippen molar-refractivity contribution >= 4 is 17.8 Å². The van der Waals surface area contributed by atoms with E-state index >= 15 is 0 Å². The lowest BCUT2D eigenvalue weighted by molar-refractivity contribution is -0.152. The molecule has 0 N–H and O–H groups in total. The van der Waals surface area contributed by atoms with E-state index in [1.807, 2.05) is 30.3 Å². The first-order chi connectivity index (χ1) is 12.1. The van der Waals surface area contributed by atoms with E-state index in [1.165, 1.54) is 12.7 Å². The third-order valence-electron chi connectivity index (χ3n) is 5.09. The smallest absolute Gasteiger partial charge is 0.328 e. The predicted molar refractivity (Wildman–Crippen MR) is 91.6 cm³/mol. The van der Waals surface area contributed by atoms with Crippen LogP contribution in [0.2, 0.25) is 0 Å². The molecule has 2 saturated heterocycles. The highest BCUT2D eigenvalue weighted by molar-refractivity contribution is 5.92. The molecule has 0 bridgehead atoms. The van der Waals surface area contributed by atoms with Crippen molar-refractivity contribution in [1.29, 1.82) is 0 Å². The SMILES string of the molecule is COC(=O)[C@@H]1CCCN1C(=O)[C@H]1CC(=O)N(CCc2ccccc2)C1. The standard InChI is InChI=1S/C19H24N2O4/c1-25-19(24)16-8-5-10-21(16)18(23)15-12-17(22)20(13-15)11-9-14-6-3-2-4-7-14/h2-4,6-7,15-16H,5,8-13H2,1H3/t15-,16-/m0/s1. The molecule has 2 fully saturated rings. The van der Waals surface area contributed by atoms with Gasteiger partial charge >= 0.3 is 5.97 Å². The number of likely N-dealkylation sites (tertiary alicyclic amines) is 2. The molecule has 2 heterocycles. The number of hydrogen-bond acceptors (Lipinski definition) is 4. The van der Waals surface area contributed by atoms with Gasteiger partial charge in [0.1, 0.15) is 6.04 Å². The molecule has 0 aromatic heterocycles. The maximum Gasteiger partial charge on any atom is 0.328 e. The molecule has 1 aromatic carbocycles. The summed E-state index contributed by atoms with van der Waals surface area (Å²) in [7, 11) is 1.34. The molecule has 0 saturated carbocycles. The minimum absolute atomic E-state index is 0.0168. The lowest BCUT2D eigenvalue weighted by Crippen LogP contribution is -2.44. The van der Waals surface area contributed by atoms with Crippen LogP contribution in [-0.2, 0) is 25.5 Å². The number of carbonyl (C=O) groups excluding carboxylic acids is 3. The minimum atomic E-state index is -0.494. The van der Waals surface area contributed by atoms with Crippen molar-refractivity contribution in [3.8, 4) is 0 Å². The maximum atomic E-state index is 12.8. The Labute approximate surface area is 147 Å². The average Bonchev–Trinajstić information content (AvgIpc) is 3.26. The van der Waals surface area contributed by atoms with E-state index in [2.05, 4.69) is 0 Å². The number of carbonyl (C=O) groups is 3. The molecule has 3 rings (SSSR count). The Hall–Kier alpha value is -2.37. The first-order valence-electron chi connectivity index (χ1n) is 8.80. The van der Waals surface area contributed by atoms with Crippen LogP contribution in [-0.4, -0.2) is 60.4 Å². The third kappa shape index (κ3) is 3.83. The van der Waals surface area contributed by atoms with Gasteiger partial charge in [0.25, 0.3) is 0 Å². The van der Waals surface area contributed by atoms with Crippen LogP contribution in [0.25, 0.3) is 0 Å². The summed E-state index contributed by atoms with van der Waals surface area (Å²) in [5.74, 6) is -0.795. The number of methoxy groups -OCH3 is 1. The first kappa shape index (κ1) is 17.5. The van der Waals surface area contributed by atoms with Crippen LogP contribution in [0.5, 0.6) is 0 Å². The van der Waals surface area contributed by atoms with E-state index in [0.717, 1.165) is 12.8 Å². The van der Waals surface area contributed by atoms with Crippen LogP contribution in [0, 0.1) is 5.92 Å². The Balaban J connectivity index is 1.58. The normalized spacial score (nSPS) is 23.2. The highest BCUT2D eigenvalue weighted by Gasteiger charge is 2.41. The van der Waals surface area contributed by atoms with Crippen molar-refractivity contribution in [3.63, 3.8) is 0 Å². The molecule has 0 radical (unpaired) electrons. The fourth-order valence-corrected chi connectivity index (χ4v) is 3.71. The molecule has 6 heteroatoms. The van der Waals surface area contributed by atoms with E-state index < -0.39 is 6.04 Å². The molecule has 2 atom stereocenters. The highest BCUT2D eigenvalue weighted by Crippen LogP contribution is 2.26. The summed E-state index contributed by atoms with van der Waals surface area (Å²) in [5.41, 5.74) is 1.18. The van der Waals surface area contributed by atoms with Crippen LogP contribution < -0.4 is 0 Å². The molecule has 2 aliphatic heterocycles. The zero-order valence-corrected chi connectivity index (χ0v) is 14.5. The second kappa shape index (κ2) is 7.68. The lowest BCUT2D eigenvalue weighted by atomic mass is 10.1. The highest BCUT2D eigenvalue weighted by atomic mass is 16.5. The fourth-order valence-electron chi connectivity index (χ4n) is 3.71. The van der Waals surface area contributed by atoms with Gasteiger partial charge in [-0.05, 0) is 24.8 Å². The lowest BCUT2D eigenvalue weighted by Gasteiger charge is -2.25. The van der Waals surface area contributed by atoms with Crippen LogP contribution >= 0.6 is 0 Å². The second-order valence-corrected chi connectivity index (χ2v) is 6.69. The Morgan fingerprint density at radius 3 is 2.72 bits per heavy atom. The molecule has 134 valence electrons. The van der Waals surface area contributed by atoms with Gasteiger partial charge in [-0.3, -0.25) is 9.59 Å². The number of amides is 2. The summed E-state index contributed by atoms with van der Waals surface area (Å²) < 4.78 is 4.80. The molecular weight excluding hydrogens is 320 g/mol. The van der Waals surface area contributed by atoms with Crippen LogP contribution in [0.4, 0.5) is 0 Å². The van der Waals surface area contributed by atoms with E-state index in [1.54, 1.807) is 9.80 Å². The summed E-state index contributed by atoms with van der Waals surface area (Å²) in [6.07, 6.45) is 2.45. The van der Waals surface area contributed by atoms with Crippen molar-refractivity contribution in [1.82, 2.24) is 9.80 Å². The minimum Gasteiger partial charge on any atom is -0.467 e. The Kier molecular flexibility index (Phi) is 5.36. The van der Waals surface area contributed by atoms with Gasteiger partial charge in [0.15, 0.2) is 0 Å². The van der Waals surface area contributed by atoms with Crippen molar-refractivity contribution < 1.29 is 19.1 Å². The molecule has 6 nitrogen and oxygen atoms in total. The molecule has 2 aliphatic rings. The van der Waals surface area contributed by atoms with Gasteiger partial charge in [-0.25, -0.2) is 4.79 Å². The van der Waals surface area contributed by atoms with Gasteiger partial charge in [0.2, 0.25) is 11.8 Å². The van der Waals surface area contributed by atoms with E-state index in [9.17, 15) is 14.4 Å². The maximum absolute atomic E-state index is 12.8. The predicted octanol–water partition coefficient (Wildman–Crippen LogP) is 1.24. The van der Waals surface area contributed by atoms with Crippen LogP contribution in [0.15, 0.2) is 30.3 Å². The molecule has 0 spiro atoms. The Bertz CT molecular complexity index is 646. The van der Waals surface area contributed by atoms with Gasteiger partial charge in [0.05, 0.1) is 13.0 Å². The van der Waals surface area contributed by atoms with Gasteiger partial charge in [-0.1, -0.05) is 30.3 Å². The first-order valence-corrected chi connectivity index (χ1v) is 8.80. The number of esters is 1. The summed E-state index contributed by atoms with van der Waals surface area (Å²) in [6.45, 7) is 1.62. The van der Waals surface area contributed by atoms with E-state index in [-0.39, 0.29) is 30.1 Å². The molecule has 0 aliphatic carbocycles. The zero-order valence-electron chi connectivity index (χ0n) is 14.5. The fraction of sp³-hybridized carbons (Fsp3) is 0.526. The van der Waals surface area contributed by atoms with Gasteiger partial charge < -0.3 is 14.5 Å². The van der Waals surface area contributed by atoms with E-state index in [0.29, 0.717) is 26.1 Å². The zero-order chi connectivity index (χ0) is 17.8. The molecular formula is C19H24N2O4. The number of ether oxygens (including phenoxy) is 1. The topological polar surface area (TPSA) is 66.9 Å². The Morgan fingerprint density at radius 2 is 2.00 bits per heavy atom. The summed E-state index contributed by atoms with van der Waals surface area (Å²) in [4.78, 5) is 40.2. The van der Waals surface area contributed by atoms with Crippen LogP contribution in [0.3, 0.4) is 0 Å². The second-order valence-electron chi connectivity index (χ2n) is 6.69. The molecule has 0 unspecified atom stereocenters. The van der Waals surface area contributed by atoms with Crippen molar-refractivity contribution in [3.05, 3.63) is 35.9 Å². The largest absolute Gasteiger partial charge is 0.467 e.